The number of rotatable bonds is 8. The van der Waals surface area contributed by atoms with Gasteiger partial charge in [0.05, 0.1) is 17.3 Å². The molecule has 1 atom stereocenters. The van der Waals surface area contributed by atoms with Gasteiger partial charge in [0.2, 0.25) is 15.9 Å². The fraction of sp³-hybridized carbons (Fsp3) is 0.190. The monoisotopic (exact) mass is 441 g/mol. The molecule has 9 nitrogen and oxygen atoms in total. The predicted molar refractivity (Wildman–Crippen MR) is 116 cm³/mol. The molecule has 0 spiro atoms. The zero-order valence-electron chi connectivity index (χ0n) is 16.9. The normalized spacial score (nSPS) is 12.2. The second kappa shape index (κ2) is 9.54. The number of carbonyl (C=O) groups excluding carboxylic acids is 2. The van der Waals surface area contributed by atoms with Gasteiger partial charge >= 0.3 is 0 Å². The van der Waals surface area contributed by atoms with Crippen LogP contribution in [0.4, 0.5) is 5.69 Å². The van der Waals surface area contributed by atoms with Crippen LogP contribution in [-0.4, -0.2) is 29.8 Å². The van der Waals surface area contributed by atoms with Gasteiger partial charge in [0.25, 0.3) is 5.91 Å². The molecule has 0 aliphatic carbocycles. The Bertz CT molecular complexity index is 1180. The summed E-state index contributed by atoms with van der Waals surface area (Å²) in [6, 6.07) is 12.2. The van der Waals surface area contributed by atoms with Crippen molar-refractivity contribution in [1.29, 1.82) is 0 Å². The molecule has 10 heteroatoms. The summed E-state index contributed by atoms with van der Waals surface area (Å²) in [4.78, 5) is 28.7. The number of nitrogens with zero attached hydrogens (tertiary/aromatic N) is 2. The maximum absolute atomic E-state index is 12.7. The first-order valence-electron chi connectivity index (χ1n) is 9.51. The van der Waals surface area contributed by atoms with E-state index in [2.05, 4.69) is 15.6 Å². The predicted octanol–water partition coefficient (Wildman–Crippen LogP) is 2.05. The summed E-state index contributed by atoms with van der Waals surface area (Å²) in [7, 11) is -3.83. The average molecular weight is 442 g/mol. The number of benzene rings is 2. The average Bonchev–Trinajstić information content (AvgIpc) is 3.25. The van der Waals surface area contributed by atoms with Crippen LogP contribution in [0.3, 0.4) is 0 Å². The van der Waals surface area contributed by atoms with Gasteiger partial charge in [0.1, 0.15) is 0 Å². The lowest BCUT2D eigenvalue weighted by Crippen LogP contribution is -2.27. The van der Waals surface area contributed by atoms with E-state index in [0.29, 0.717) is 23.4 Å². The van der Waals surface area contributed by atoms with Crippen LogP contribution < -0.4 is 15.8 Å². The third-order valence-corrected chi connectivity index (χ3v) is 5.51. The first-order valence-corrected chi connectivity index (χ1v) is 11.1. The van der Waals surface area contributed by atoms with E-state index in [1.807, 2.05) is 0 Å². The van der Waals surface area contributed by atoms with E-state index in [4.69, 9.17) is 5.14 Å². The number of hydrogen-bond acceptors (Lipinski definition) is 5. The number of nitrogens with two attached hydrogens (primary N) is 1. The molecule has 0 saturated heterocycles. The van der Waals surface area contributed by atoms with Crippen molar-refractivity contribution >= 4 is 27.5 Å². The van der Waals surface area contributed by atoms with Crippen molar-refractivity contribution in [2.24, 2.45) is 5.14 Å². The third-order valence-electron chi connectivity index (χ3n) is 4.60. The molecule has 2 aromatic carbocycles. The van der Waals surface area contributed by atoms with Gasteiger partial charge in [0.15, 0.2) is 0 Å². The summed E-state index contributed by atoms with van der Waals surface area (Å²) in [5.74, 6) is -0.539. The lowest BCUT2D eigenvalue weighted by atomic mass is 10.1. The number of aryl methyl sites for hydroxylation is 1. The molecule has 0 bridgehead atoms. The Morgan fingerprint density at radius 3 is 2.65 bits per heavy atom. The maximum Gasteiger partial charge on any atom is 0.251 e. The second-order valence-corrected chi connectivity index (χ2v) is 8.55. The van der Waals surface area contributed by atoms with E-state index in [1.54, 1.807) is 66.6 Å². The maximum atomic E-state index is 12.7. The van der Waals surface area contributed by atoms with E-state index in [0.717, 1.165) is 0 Å². The lowest BCUT2D eigenvalue weighted by Gasteiger charge is -2.15. The molecule has 1 aromatic heterocycles. The number of sulfonamides is 1. The smallest absolute Gasteiger partial charge is 0.251 e. The van der Waals surface area contributed by atoms with Gasteiger partial charge in [-0.15, -0.1) is 0 Å². The van der Waals surface area contributed by atoms with E-state index in [-0.39, 0.29) is 23.1 Å². The van der Waals surface area contributed by atoms with E-state index >= 15 is 0 Å². The Morgan fingerprint density at radius 2 is 1.94 bits per heavy atom. The Balaban J connectivity index is 1.62. The van der Waals surface area contributed by atoms with Crippen molar-refractivity contribution in [2.75, 3.05) is 5.32 Å². The van der Waals surface area contributed by atoms with Crippen LogP contribution >= 0.6 is 0 Å². The van der Waals surface area contributed by atoms with Crippen LogP contribution in [0.25, 0.3) is 0 Å². The van der Waals surface area contributed by atoms with Gasteiger partial charge in [-0.25, -0.2) is 18.5 Å². The molecule has 0 aliphatic rings. The summed E-state index contributed by atoms with van der Waals surface area (Å²) in [6.07, 6.45) is 5.33. The highest BCUT2D eigenvalue weighted by Gasteiger charge is 2.15. The van der Waals surface area contributed by atoms with Crippen molar-refractivity contribution in [3.05, 3.63) is 78.4 Å². The number of amides is 2. The van der Waals surface area contributed by atoms with Crippen LogP contribution in [-0.2, 0) is 21.4 Å². The molecule has 0 radical (unpaired) electrons. The molecule has 0 aliphatic heterocycles. The number of anilines is 1. The van der Waals surface area contributed by atoms with Crippen LogP contribution in [0.1, 0.15) is 35.3 Å². The molecule has 162 valence electrons. The zero-order valence-corrected chi connectivity index (χ0v) is 17.7. The molecule has 0 saturated carbocycles. The molecular formula is C21H23N5O4S. The van der Waals surface area contributed by atoms with E-state index < -0.39 is 16.1 Å². The highest BCUT2D eigenvalue weighted by Crippen LogP contribution is 2.18. The Hall–Kier alpha value is -3.50. The number of primary sulfonamides is 1. The molecule has 3 aromatic rings. The Labute approximate surface area is 180 Å². The SMILES string of the molecule is CC(NC(=O)c1cccc(NC(=O)CCn2ccnc2)c1)c1cccc(S(N)(=O)=O)c1. The minimum Gasteiger partial charge on any atom is -0.346 e. The highest BCUT2D eigenvalue weighted by molar-refractivity contribution is 7.89. The Morgan fingerprint density at radius 1 is 1.16 bits per heavy atom. The molecular weight excluding hydrogens is 418 g/mol. The summed E-state index contributed by atoms with van der Waals surface area (Å²) < 4.78 is 24.9. The number of aromatic nitrogens is 2. The van der Waals surface area contributed by atoms with Gasteiger partial charge in [0, 0.05) is 36.6 Å². The summed E-state index contributed by atoms with van der Waals surface area (Å²) in [5.41, 5.74) is 1.47. The molecule has 0 fully saturated rings. The number of hydrogen-bond donors (Lipinski definition) is 3. The summed E-state index contributed by atoms with van der Waals surface area (Å²) in [6.45, 7) is 2.24. The molecule has 1 unspecified atom stereocenters. The van der Waals surface area contributed by atoms with Gasteiger partial charge in [-0.2, -0.15) is 0 Å². The van der Waals surface area contributed by atoms with Crippen molar-refractivity contribution in [3.63, 3.8) is 0 Å². The number of nitrogens with one attached hydrogen (secondary N) is 2. The first-order chi connectivity index (χ1) is 14.7. The summed E-state index contributed by atoms with van der Waals surface area (Å²) in [5, 5.41) is 10.8. The van der Waals surface area contributed by atoms with Gasteiger partial charge in [-0.3, -0.25) is 9.59 Å². The third kappa shape index (κ3) is 6.24. The van der Waals surface area contributed by atoms with Gasteiger partial charge in [-0.05, 0) is 42.8 Å². The number of imidazole rings is 1. The number of carbonyl (C=O) groups is 2. The van der Waals surface area contributed by atoms with Crippen molar-refractivity contribution in [3.8, 4) is 0 Å². The Kier molecular flexibility index (Phi) is 6.83. The van der Waals surface area contributed by atoms with E-state index in [9.17, 15) is 18.0 Å². The largest absolute Gasteiger partial charge is 0.346 e. The van der Waals surface area contributed by atoms with Gasteiger partial charge in [-0.1, -0.05) is 18.2 Å². The quantitative estimate of drug-likeness (QED) is 0.491. The van der Waals surface area contributed by atoms with Crippen LogP contribution in [0, 0.1) is 0 Å². The second-order valence-electron chi connectivity index (χ2n) is 6.99. The standard InChI is InChI=1S/C21H23N5O4S/c1-15(16-4-3-7-19(13-16)31(22,29)30)24-21(28)17-5-2-6-18(12-17)25-20(27)8-10-26-11-9-23-14-26/h2-7,9,11-15H,8,10H2,1H3,(H,24,28)(H,25,27)(H2,22,29,30). The molecule has 31 heavy (non-hydrogen) atoms. The minimum atomic E-state index is -3.83. The van der Waals surface area contributed by atoms with Gasteiger partial charge < -0.3 is 15.2 Å². The highest BCUT2D eigenvalue weighted by atomic mass is 32.2. The van der Waals surface area contributed by atoms with Crippen molar-refractivity contribution in [1.82, 2.24) is 14.9 Å². The fourth-order valence-corrected chi connectivity index (χ4v) is 3.50. The molecule has 3 rings (SSSR count). The molecule has 2 amide bonds. The van der Waals surface area contributed by atoms with Crippen molar-refractivity contribution in [2.45, 2.75) is 30.8 Å². The summed E-state index contributed by atoms with van der Waals surface area (Å²) >= 11 is 0. The van der Waals surface area contributed by atoms with Crippen LogP contribution in [0.2, 0.25) is 0 Å². The fourth-order valence-electron chi connectivity index (χ4n) is 2.94. The first kappa shape index (κ1) is 22.2. The van der Waals surface area contributed by atoms with Crippen LogP contribution in [0.15, 0.2) is 72.1 Å². The minimum absolute atomic E-state index is 0.0218. The molecule has 1 heterocycles. The van der Waals surface area contributed by atoms with Crippen molar-refractivity contribution < 1.29 is 18.0 Å². The lowest BCUT2D eigenvalue weighted by molar-refractivity contribution is -0.116. The topological polar surface area (TPSA) is 136 Å². The zero-order chi connectivity index (χ0) is 22.4. The van der Waals surface area contributed by atoms with E-state index in [1.165, 1.54) is 12.1 Å². The molecule has 4 N–H and O–H groups in total. The van der Waals surface area contributed by atoms with Crippen LogP contribution in [0.5, 0.6) is 0 Å².